The van der Waals surface area contributed by atoms with Gasteiger partial charge in [0.2, 0.25) is 0 Å². The molecule has 1 aromatic rings. The van der Waals surface area contributed by atoms with Crippen LogP contribution >= 0.6 is 0 Å². The van der Waals surface area contributed by atoms with Crippen molar-refractivity contribution in [3.8, 4) is 5.75 Å². The van der Waals surface area contributed by atoms with E-state index in [1.54, 1.807) is 0 Å². The van der Waals surface area contributed by atoms with E-state index in [0.717, 1.165) is 24.7 Å². The third kappa shape index (κ3) is 6.42. The van der Waals surface area contributed by atoms with E-state index in [2.05, 4.69) is 64.2 Å². The lowest BCUT2D eigenvalue weighted by molar-refractivity contribution is 0.317. The third-order valence-electron chi connectivity index (χ3n) is 3.56. The van der Waals surface area contributed by atoms with Crippen molar-refractivity contribution in [1.29, 1.82) is 0 Å². The number of rotatable bonds is 9. The van der Waals surface area contributed by atoms with Gasteiger partial charge in [0.15, 0.2) is 0 Å². The van der Waals surface area contributed by atoms with Gasteiger partial charge >= 0.3 is 0 Å². The fraction of sp³-hybridized carbons (Fsp3) is 0.667. The maximum absolute atomic E-state index is 5.62. The fourth-order valence-electron chi connectivity index (χ4n) is 2.26. The lowest BCUT2D eigenvalue weighted by atomic mass is 10.0. The van der Waals surface area contributed by atoms with Gasteiger partial charge in [0.1, 0.15) is 5.75 Å². The minimum Gasteiger partial charge on any atom is -0.494 e. The first-order valence-electron chi connectivity index (χ1n) is 8.01. The highest BCUT2D eigenvalue weighted by Gasteiger charge is 2.10. The molecule has 2 atom stereocenters. The van der Waals surface area contributed by atoms with Gasteiger partial charge in [-0.05, 0) is 56.7 Å². The Kier molecular flexibility index (Phi) is 7.68. The van der Waals surface area contributed by atoms with Crippen LogP contribution in [0.15, 0.2) is 24.3 Å². The molecular weight excluding hydrogens is 246 g/mol. The molecule has 1 rings (SSSR count). The van der Waals surface area contributed by atoms with Crippen molar-refractivity contribution in [1.82, 2.24) is 5.32 Å². The zero-order valence-corrected chi connectivity index (χ0v) is 13.8. The molecule has 0 aliphatic rings. The van der Waals surface area contributed by atoms with Gasteiger partial charge in [-0.2, -0.15) is 0 Å². The van der Waals surface area contributed by atoms with Crippen LogP contribution in [0.25, 0.3) is 0 Å². The second kappa shape index (κ2) is 9.02. The van der Waals surface area contributed by atoms with Crippen LogP contribution in [0.1, 0.15) is 65.5 Å². The first kappa shape index (κ1) is 17.0. The molecule has 2 heteroatoms. The second-order valence-electron chi connectivity index (χ2n) is 6.18. The van der Waals surface area contributed by atoms with Crippen LogP contribution in [-0.2, 0) is 0 Å². The maximum Gasteiger partial charge on any atom is 0.119 e. The van der Waals surface area contributed by atoms with Crippen LogP contribution in [0.2, 0.25) is 0 Å². The van der Waals surface area contributed by atoms with Gasteiger partial charge in [0, 0.05) is 12.1 Å². The highest BCUT2D eigenvalue weighted by molar-refractivity contribution is 5.29. The normalized spacial score (nSPS) is 14.3. The van der Waals surface area contributed by atoms with Crippen molar-refractivity contribution in [3.63, 3.8) is 0 Å². The molecule has 0 spiro atoms. The molecule has 0 fully saturated rings. The summed E-state index contributed by atoms with van der Waals surface area (Å²) >= 11 is 0. The summed E-state index contributed by atoms with van der Waals surface area (Å²) in [5.74, 6) is 1.75. The predicted molar refractivity (Wildman–Crippen MR) is 87.3 cm³/mol. The molecule has 20 heavy (non-hydrogen) atoms. The molecular formula is C18H31NO. The van der Waals surface area contributed by atoms with Gasteiger partial charge in [-0.15, -0.1) is 0 Å². The van der Waals surface area contributed by atoms with E-state index in [4.69, 9.17) is 4.74 Å². The molecule has 2 nitrogen and oxygen atoms in total. The first-order chi connectivity index (χ1) is 9.52. The van der Waals surface area contributed by atoms with Gasteiger partial charge in [-0.1, -0.05) is 32.9 Å². The Morgan fingerprint density at radius 3 is 2.20 bits per heavy atom. The second-order valence-corrected chi connectivity index (χ2v) is 6.18. The Labute approximate surface area is 124 Å². The SMILES string of the molecule is CCCOc1ccc(C(C)NC(C)CCC(C)C)cc1. The fourth-order valence-corrected chi connectivity index (χ4v) is 2.26. The van der Waals surface area contributed by atoms with Crippen molar-refractivity contribution in [2.45, 2.75) is 66.0 Å². The molecule has 0 saturated heterocycles. The minimum absolute atomic E-state index is 0.386. The number of hydrogen-bond donors (Lipinski definition) is 1. The van der Waals surface area contributed by atoms with E-state index >= 15 is 0 Å². The smallest absolute Gasteiger partial charge is 0.119 e. The Balaban J connectivity index is 2.44. The molecule has 114 valence electrons. The largest absolute Gasteiger partial charge is 0.494 e. The van der Waals surface area contributed by atoms with Crippen molar-refractivity contribution < 1.29 is 4.74 Å². The van der Waals surface area contributed by atoms with Gasteiger partial charge in [-0.3, -0.25) is 0 Å². The zero-order chi connectivity index (χ0) is 15.0. The van der Waals surface area contributed by atoms with E-state index in [0.29, 0.717) is 12.1 Å². The molecule has 1 aromatic carbocycles. The summed E-state index contributed by atoms with van der Waals surface area (Å²) < 4.78 is 5.62. The van der Waals surface area contributed by atoms with E-state index in [9.17, 15) is 0 Å². The van der Waals surface area contributed by atoms with Crippen LogP contribution in [0.4, 0.5) is 0 Å². The van der Waals surface area contributed by atoms with Gasteiger partial charge in [0.25, 0.3) is 0 Å². The molecule has 0 bridgehead atoms. The van der Waals surface area contributed by atoms with Gasteiger partial charge in [0.05, 0.1) is 6.61 Å². The van der Waals surface area contributed by atoms with Crippen LogP contribution in [-0.4, -0.2) is 12.6 Å². The predicted octanol–water partition coefficient (Wildman–Crippen LogP) is 4.95. The van der Waals surface area contributed by atoms with Crippen LogP contribution in [0.3, 0.4) is 0 Å². The molecule has 2 unspecified atom stereocenters. The molecule has 0 aromatic heterocycles. The lowest BCUT2D eigenvalue weighted by Crippen LogP contribution is -2.29. The Bertz CT molecular complexity index is 358. The summed E-state index contributed by atoms with van der Waals surface area (Å²) in [6.07, 6.45) is 3.57. The van der Waals surface area contributed by atoms with E-state index in [1.165, 1.54) is 18.4 Å². The molecule has 0 amide bonds. The number of nitrogens with one attached hydrogen (secondary N) is 1. The topological polar surface area (TPSA) is 21.3 Å². The summed E-state index contributed by atoms with van der Waals surface area (Å²) in [5.41, 5.74) is 1.32. The van der Waals surface area contributed by atoms with Crippen LogP contribution < -0.4 is 10.1 Å². The van der Waals surface area contributed by atoms with Gasteiger partial charge < -0.3 is 10.1 Å². The Morgan fingerprint density at radius 1 is 1.00 bits per heavy atom. The Morgan fingerprint density at radius 2 is 1.65 bits per heavy atom. The van der Waals surface area contributed by atoms with E-state index in [-0.39, 0.29) is 0 Å². The zero-order valence-electron chi connectivity index (χ0n) is 13.8. The number of hydrogen-bond acceptors (Lipinski definition) is 2. The summed E-state index contributed by atoms with van der Waals surface area (Å²) in [5, 5.41) is 3.67. The molecule has 0 aliphatic heterocycles. The summed E-state index contributed by atoms with van der Waals surface area (Å²) in [6, 6.07) is 9.42. The summed E-state index contributed by atoms with van der Waals surface area (Å²) in [4.78, 5) is 0. The number of benzene rings is 1. The molecule has 0 saturated carbocycles. The van der Waals surface area contributed by atoms with Gasteiger partial charge in [-0.25, -0.2) is 0 Å². The van der Waals surface area contributed by atoms with Crippen LogP contribution in [0.5, 0.6) is 5.75 Å². The van der Waals surface area contributed by atoms with Crippen molar-refractivity contribution in [2.24, 2.45) is 5.92 Å². The lowest BCUT2D eigenvalue weighted by Gasteiger charge is -2.21. The highest BCUT2D eigenvalue weighted by Crippen LogP contribution is 2.19. The molecule has 0 radical (unpaired) electrons. The van der Waals surface area contributed by atoms with Crippen molar-refractivity contribution >= 4 is 0 Å². The first-order valence-corrected chi connectivity index (χ1v) is 8.01. The Hall–Kier alpha value is -1.02. The van der Waals surface area contributed by atoms with Crippen molar-refractivity contribution in [3.05, 3.63) is 29.8 Å². The summed E-state index contributed by atoms with van der Waals surface area (Å²) in [7, 11) is 0. The third-order valence-corrected chi connectivity index (χ3v) is 3.56. The highest BCUT2D eigenvalue weighted by atomic mass is 16.5. The quantitative estimate of drug-likeness (QED) is 0.689. The maximum atomic E-state index is 5.62. The standard InChI is InChI=1S/C18H31NO/c1-6-13-20-18-11-9-17(10-12-18)16(5)19-15(4)8-7-14(2)3/h9-12,14-16,19H,6-8,13H2,1-5H3. The molecule has 0 aliphatic carbocycles. The monoisotopic (exact) mass is 277 g/mol. The van der Waals surface area contributed by atoms with E-state index < -0.39 is 0 Å². The average Bonchev–Trinajstić information content (AvgIpc) is 2.43. The van der Waals surface area contributed by atoms with E-state index in [1.807, 2.05) is 0 Å². The number of ether oxygens (including phenoxy) is 1. The van der Waals surface area contributed by atoms with Crippen LogP contribution in [0, 0.1) is 5.92 Å². The average molecular weight is 277 g/mol. The van der Waals surface area contributed by atoms with Crippen molar-refractivity contribution in [2.75, 3.05) is 6.61 Å². The molecule has 1 N–H and O–H groups in total. The minimum atomic E-state index is 0.386. The summed E-state index contributed by atoms with van der Waals surface area (Å²) in [6.45, 7) is 12.0. The molecule has 0 heterocycles.